The van der Waals surface area contributed by atoms with Crippen LogP contribution in [0, 0.1) is 0 Å². The maximum Gasteiger partial charge on any atom is 0.240 e. The molecule has 1 aliphatic carbocycles. The Balaban J connectivity index is 1.90. The lowest BCUT2D eigenvalue weighted by Crippen LogP contribution is -1.96. The van der Waals surface area contributed by atoms with Crippen LogP contribution in [-0.2, 0) is 6.54 Å². The second kappa shape index (κ2) is 5.43. The van der Waals surface area contributed by atoms with E-state index in [0.717, 1.165) is 10.0 Å². The molecule has 100 valence electrons. The van der Waals surface area contributed by atoms with E-state index >= 15 is 0 Å². The van der Waals surface area contributed by atoms with Gasteiger partial charge in [-0.1, -0.05) is 46.1 Å². The molecule has 1 saturated carbocycles. The normalized spacial score (nSPS) is 16.1. The summed E-state index contributed by atoms with van der Waals surface area (Å²) in [6, 6.07) is 6.30. The molecule has 1 aromatic heterocycles. The van der Waals surface area contributed by atoms with Gasteiger partial charge in [0.2, 0.25) is 11.7 Å². The zero-order valence-electron chi connectivity index (χ0n) is 10.6. The molecule has 5 heteroatoms. The van der Waals surface area contributed by atoms with Crippen LogP contribution in [0.3, 0.4) is 0 Å². The van der Waals surface area contributed by atoms with E-state index in [1.54, 1.807) is 0 Å². The zero-order chi connectivity index (χ0) is 13.2. The predicted octanol–water partition coefficient (Wildman–Crippen LogP) is 3.62. The molecule has 0 aliphatic heterocycles. The van der Waals surface area contributed by atoms with Crippen LogP contribution >= 0.6 is 15.9 Å². The van der Waals surface area contributed by atoms with Crippen molar-refractivity contribution in [3.63, 3.8) is 0 Å². The van der Waals surface area contributed by atoms with Crippen molar-refractivity contribution in [2.45, 2.75) is 38.1 Å². The van der Waals surface area contributed by atoms with Gasteiger partial charge in [0.1, 0.15) is 0 Å². The summed E-state index contributed by atoms with van der Waals surface area (Å²) in [4.78, 5) is 4.24. The molecule has 1 aromatic carbocycles. The van der Waals surface area contributed by atoms with Gasteiger partial charge in [-0.05, 0) is 30.4 Å². The summed E-state index contributed by atoms with van der Waals surface area (Å²) >= 11 is 3.67. The minimum absolute atomic E-state index is 0.272. The first-order chi connectivity index (χ1) is 9.28. The van der Waals surface area contributed by atoms with E-state index in [4.69, 9.17) is 10.3 Å². The van der Waals surface area contributed by atoms with E-state index in [0.29, 0.717) is 17.6 Å². The van der Waals surface area contributed by atoms with Gasteiger partial charge in [0, 0.05) is 10.0 Å². The molecule has 3 rings (SSSR count). The Labute approximate surface area is 120 Å². The number of halogens is 1. The van der Waals surface area contributed by atoms with Crippen LogP contribution in [0.4, 0.5) is 0 Å². The summed E-state index contributed by atoms with van der Waals surface area (Å²) in [7, 11) is 0. The third-order valence-corrected chi connectivity index (χ3v) is 4.38. The molecule has 0 saturated heterocycles. The number of aromatic nitrogens is 2. The second-order valence-corrected chi connectivity index (χ2v) is 5.79. The average Bonchev–Trinajstić information content (AvgIpc) is 3.10. The summed E-state index contributed by atoms with van der Waals surface area (Å²) < 4.78 is 6.17. The Kier molecular flexibility index (Phi) is 3.66. The van der Waals surface area contributed by atoms with Crippen LogP contribution in [0.2, 0.25) is 0 Å². The van der Waals surface area contributed by atoms with E-state index in [9.17, 15) is 0 Å². The Bertz CT molecular complexity index is 576. The number of nitrogens with zero attached hydrogens (tertiary/aromatic N) is 2. The van der Waals surface area contributed by atoms with E-state index < -0.39 is 0 Å². The Morgan fingerprint density at radius 3 is 2.74 bits per heavy atom. The van der Waals surface area contributed by atoms with Gasteiger partial charge in [0.25, 0.3) is 0 Å². The number of hydrogen-bond donors (Lipinski definition) is 1. The summed E-state index contributed by atoms with van der Waals surface area (Å²) in [6.45, 7) is 0.272. The topological polar surface area (TPSA) is 64.9 Å². The monoisotopic (exact) mass is 321 g/mol. The van der Waals surface area contributed by atoms with Gasteiger partial charge in [-0.2, -0.15) is 4.98 Å². The second-order valence-electron chi connectivity index (χ2n) is 4.93. The highest BCUT2D eigenvalue weighted by Crippen LogP contribution is 2.38. The molecule has 1 aliphatic rings. The van der Waals surface area contributed by atoms with Gasteiger partial charge in [0.05, 0.1) is 6.54 Å². The summed E-state index contributed by atoms with van der Waals surface area (Å²) in [6.07, 6.45) is 5.25. The van der Waals surface area contributed by atoms with Crippen molar-refractivity contribution in [1.82, 2.24) is 10.1 Å². The van der Waals surface area contributed by atoms with Crippen LogP contribution in [-0.4, -0.2) is 10.1 Å². The fraction of sp³-hybridized carbons (Fsp3) is 0.429. The van der Waals surface area contributed by atoms with Crippen LogP contribution in [0.25, 0.3) is 11.4 Å². The Hall–Kier alpha value is -1.20. The maximum absolute atomic E-state index is 5.47. The zero-order valence-corrected chi connectivity index (χ0v) is 12.2. The van der Waals surface area contributed by atoms with Crippen LogP contribution in [0.1, 0.15) is 43.1 Å². The minimum atomic E-state index is 0.272. The van der Waals surface area contributed by atoms with Crippen molar-refractivity contribution in [3.05, 3.63) is 34.1 Å². The number of nitrogens with two attached hydrogens (primary N) is 1. The van der Waals surface area contributed by atoms with Crippen molar-refractivity contribution in [1.29, 1.82) is 0 Å². The van der Waals surface area contributed by atoms with Gasteiger partial charge in [-0.25, -0.2) is 0 Å². The maximum atomic E-state index is 5.47. The number of benzene rings is 1. The molecule has 2 N–H and O–H groups in total. The molecular weight excluding hydrogens is 306 g/mol. The Morgan fingerprint density at radius 2 is 2.11 bits per heavy atom. The van der Waals surface area contributed by atoms with Gasteiger partial charge in [-0.15, -0.1) is 0 Å². The standard InChI is InChI=1S/C14H16BrN3O/c15-12-7-10(14-17-13(8-16)19-18-14)5-6-11(12)9-3-1-2-4-9/h5-7,9H,1-4,8,16H2. The smallest absolute Gasteiger partial charge is 0.240 e. The first-order valence-electron chi connectivity index (χ1n) is 6.60. The van der Waals surface area contributed by atoms with Crippen molar-refractivity contribution in [3.8, 4) is 11.4 Å². The molecule has 2 aromatic rings. The first kappa shape index (κ1) is 12.8. The van der Waals surface area contributed by atoms with Crippen molar-refractivity contribution in [2.24, 2.45) is 5.73 Å². The molecule has 1 fully saturated rings. The molecule has 0 atom stereocenters. The highest BCUT2D eigenvalue weighted by molar-refractivity contribution is 9.10. The van der Waals surface area contributed by atoms with Crippen LogP contribution < -0.4 is 5.73 Å². The number of hydrogen-bond acceptors (Lipinski definition) is 4. The lowest BCUT2D eigenvalue weighted by Gasteiger charge is -2.12. The molecular formula is C14H16BrN3O. The molecule has 0 radical (unpaired) electrons. The van der Waals surface area contributed by atoms with Gasteiger partial charge in [0.15, 0.2) is 0 Å². The van der Waals surface area contributed by atoms with Crippen LogP contribution in [0.15, 0.2) is 27.2 Å². The molecule has 4 nitrogen and oxygen atoms in total. The van der Waals surface area contributed by atoms with E-state index in [1.807, 2.05) is 0 Å². The molecule has 0 bridgehead atoms. The third-order valence-electron chi connectivity index (χ3n) is 3.70. The van der Waals surface area contributed by atoms with E-state index in [2.05, 4.69) is 44.3 Å². The SMILES string of the molecule is NCc1nc(-c2ccc(C3CCCC3)c(Br)c2)no1. The third kappa shape index (κ3) is 2.58. The van der Waals surface area contributed by atoms with Gasteiger partial charge < -0.3 is 10.3 Å². The molecule has 1 heterocycles. The molecule has 19 heavy (non-hydrogen) atoms. The van der Waals surface area contributed by atoms with Crippen LogP contribution in [0.5, 0.6) is 0 Å². The quantitative estimate of drug-likeness (QED) is 0.937. The lowest BCUT2D eigenvalue weighted by molar-refractivity contribution is 0.380. The fourth-order valence-corrected chi connectivity index (χ4v) is 3.39. The van der Waals surface area contributed by atoms with Gasteiger partial charge >= 0.3 is 0 Å². The first-order valence-corrected chi connectivity index (χ1v) is 7.39. The Morgan fingerprint density at radius 1 is 1.32 bits per heavy atom. The average molecular weight is 322 g/mol. The van der Waals surface area contributed by atoms with Gasteiger partial charge in [-0.3, -0.25) is 0 Å². The van der Waals surface area contributed by atoms with Crippen molar-refractivity contribution >= 4 is 15.9 Å². The highest BCUT2D eigenvalue weighted by Gasteiger charge is 2.20. The molecule has 0 spiro atoms. The minimum Gasteiger partial charge on any atom is -0.338 e. The summed E-state index contributed by atoms with van der Waals surface area (Å²) in [5.41, 5.74) is 7.82. The molecule has 0 amide bonds. The van der Waals surface area contributed by atoms with E-state index in [-0.39, 0.29) is 6.54 Å². The largest absolute Gasteiger partial charge is 0.338 e. The summed E-state index contributed by atoms with van der Waals surface area (Å²) in [5, 5.41) is 3.94. The highest BCUT2D eigenvalue weighted by atomic mass is 79.9. The van der Waals surface area contributed by atoms with E-state index in [1.165, 1.54) is 31.2 Å². The van der Waals surface area contributed by atoms with Crippen molar-refractivity contribution in [2.75, 3.05) is 0 Å². The number of rotatable bonds is 3. The fourth-order valence-electron chi connectivity index (χ4n) is 2.69. The molecule has 0 unspecified atom stereocenters. The predicted molar refractivity (Wildman–Crippen MR) is 76.5 cm³/mol. The lowest BCUT2D eigenvalue weighted by atomic mass is 9.96. The van der Waals surface area contributed by atoms with Crippen molar-refractivity contribution < 1.29 is 4.52 Å². The summed E-state index contributed by atoms with van der Waals surface area (Å²) in [5.74, 6) is 1.75.